The first-order valence-electron chi connectivity index (χ1n) is 13.1. The molecule has 0 aliphatic rings. The Bertz CT molecular complexity index is 1680. The largest absolute Gasteiger partial charge is 0.422 e. The number of hydrogen-bond donors (Lipinski definition) is 0. The molecule has 0 fully saturated rings. The summed E-state index contributed by atoms with van der Waals surface area (Å²) in [5.41, 5.74) is 5.74. The van der Waals surface area contributed by atoms with Crippen molar-refractivity contribution in [1.29, 1.82) is 0 Å². The standard InChI is InChI=1S/C14H9NO2.2C11H9N.Ir/c16-14-11(12-6-3-4-8-15-12)9-10-5-1-2-7-13(10)17-14;2*1-2-6-10(7-3-1)11-8-4-5-9-12-11;/h1-9H;2*1-9H;. The van der Waals surface area contributed by atoms with E-state index >= 15 is 0 Å². The summed E-state index contributed by atoms with van der Waals surface area (Å²) in [7, 11) is 0. The summed E-state index contributed by atoms with van der Waals surface area (Å²) in [5, 5.41) is 0.896. The number of nitrogens with zero attached hydrogens (tertiary/aromatic N) is 3. The fraction of sp³-hybridized carbons (Fsp3) is 0. The SMILES string of the molecule is O=c1oc2ccccc2cc1-c1ccccn1.[Ir].c1ccc(-c2ccccn2)cc1.c1ccc(-c2ccccn2)cc1. The van der Waals surface area contributed by atoms with E-state index in [0.29, 0.717) is 16.8 Å². The molecule has 0 bridgehead atoms. The van der Waals surface area contributed by atoms with Gasteiger partial charge in [0.05, 0.1) is 22.6 Å². The number of hydrogen-bond acceptors (Lipinski definition) is 5. The van der Waals surface area contributed by atoms with Crippen LogP contribution in [0.1, 0.15) is 0 Å². The minimum absolute atomic E-state index is 0. The molecule has 3 aromatic carbocycles. The summed E-state index contributed by atoms with van der Waals surface area (Å²) < 4.78 is 5.25. The Morgan fingerprint density at radius 2 is 0.881 bits per heavy atom. The van der Waals surface area contributed by atoms with Gasteiger partial charge in [-0.3, -0.25) is 15.0 Å². The molecule has 0 unspecified atom stereocenters. The fourth-order valence-electron chi connectivity index (χ4n) is 4.05. The third-order valence-corrected chi connectivity index (χ3v) is 6.05. The molecular formula is C36H27IrN3O2. The Labute approximate surface area is 258 Å². The summed E-state index contributed by atoms with van der Waals surface area (Å²) in [6.45, 7) is 0. The zero-order chi connectivity index (χ0) is 28.1. The Morgan fingerprint density at radius 3 is 1.36 bits per heavy atom. The van der Waals surface area contributed by atoms with Gasteiger partial charge < -0.3 is 4.42 Å². The van der Waals surface area contributed by atoms with E-state index in [0.717, 1.165) is 27.9 Å². The van der Waals surface area contributed by atoms with E-state index in [1.165, 1.54) is 0 Å². The molecule has 0 N–H and O–H groups in total. The molecule has 0 spiro atoms. The number of benzene rings is 3. The molecule has 0 saturated heterocycles. The molecule has 5 nitrogen and oxygen atoms in total. The molecule has 7 aromatic rings. The maximum absolute atomic E-state index is 11.8. The van der Waals surface area contributed by atoms with Crippen LogP contribution in [-0.4, -0.2) is 15.0 Å². The van der Waals surface area contributed by atoms with Crippen molar-refractivity contribution >= 4 is 11.0 Å². The molecule has 1 radical (unpaired) electrons. The van der Waals surface area contributed by atoms with Gasteiger partial charge in [0.2, 0.25) is 0 Å². The molecule has 42 heavy (non-hydrogen) atoms. The quantitative estimate of drug-likeness (QED) is 0.171. The van der Waals surface area contributed by atoms with Crippen molar-refractivity contribution in [2.45, 2.75) is 0 Å². The number of rotatable bonds is 3. The van der Waals surface area contributed by atoms with Crippen molar-refractivity contribution in [3.63, 3.8) is 0 Å². The summed E-state index contributed by atoms with van der Waals surface area (Å²) >= 11 is 0. The van der Waals surface area contributed by atoms with Gasteiger partial charge in [-0.15, -0.1) is 0 Å². The Kier molecular flexibility index (Phi) is 11.2. The number of pyridine rings is 3. The third-order valence-electron chi connectivity index (χ3n) is 6.05. The van der Waals surface area contributed by atoms with Crippen LogP contribution in [0.15, 0.2) is 173 Å². The van der Waals surface area contributed by atoms with Gasteiger partial charge in [-0.25, -0.2) is 4.79 Å². The Balaban J connectivity index is 0.000000146. The van der Waals surface area contributed by atoms with Crippen LogP contribution in [0.2, 0.25) is 0 Å². The average Bonchev–Trinajstić information content (AvgIpc) is 3.07. The van der Waals surface area contributed by atoms with Gasteiger partial charge in [0.15, 0.2) is 0 Å². The molecule has 6 heteroatoms. The second-order valence-corrected chi connectivity index (χ2v) is 8.86. The Morgan fingerprint density at radius 1 is 0.452 bits per heavy atom. The van der Waals surface area contributed by atoms with Crippen LogP contribution >= 0.6 is 0 Å². The number of fused-ring (bicyclic) bond motifs is 1. The minimum atomic E-state index is -0.359. The normalized spacial score (nSPS) is 9.81. The molecule has 0 aliphatic heterocycles. The second kappa shape index (κ2) is 15.7. The first-order chi connectivity index (χ1) is 20.3. The van der Waals surface area contributed by atoms with Crippen LogP contribution < -0.4 is 5.63 Å². The predicted molar refractivity (Wildman–Crippen MR) is 165 cm³/mol. The van der Waals surface area contributed by atoms with Crippen LogP contribution in [0, 0.1) is 0 Å². The van der Waals surface area contributed by atoms with Crippen molar-refractivity contribution in [3.05, 3.63) is 175 Å². The van der Waals surface area contributed by atoms with E-state index < -0.39 is 0 Å². The molecule has 207 valence electrons. The van der Waals surface area contributed by atoms with Crippen LogP contribution in [0.5, 0.6) is 0 Å². The first kappa shape index (κ1) is 29.9. The summed E-state index contributed by atoms with van der Waals surface area (Å²) in [6.07, 6.45) is 5.27. The van der Waals surface area contributed by atoms with E-state index in [4.69, 9.17) is 4.42 Å². The van der Waals surface area contributed by atoms with Gasteiger partial charge in [-0.1, -0.05) is 97.1 Å². The van der Waals surface area contributed by atoms with Gasteiger partial charge in [0.1, 0.15) is 5.58 Å². The predicted octanol–water partition coefficient (Wildman–Crippen LogP) is 8.35. The van der Waals surface area contributed by atoms with E-state index in [1.54, 1.807) is 18.3 Å². The molecule has 0 atom stereocenters. The molecule has 0 saturated carbocycles. The topological polar surface area (TPSA) is 68.9 Å². The zero-order valence-electron chi connectivity index (χ0n) is 22.6. The molecule has 7 rings (SSSR count). The smallest absolute Gasteiger partial charge is 0.345 e. The van der Waals surface area contributed by atoms with Crippen LogP contribution in [0.25, 0.3) is 44.7 Å². The van der Waals surface area contributed by atoms with Crippen LogP contribution in [0.3, 0.4) is 0 Å². The van der Waals surface area contributed by atoms with Crippen molar-refractivity contribution < 1.29 is 24.5 Å². The molecular weight excluding hydrogens is 699 g/mol. The molecule has 0 amide bonds. The summed E-state index contributed by atoms with van der Waals surface area (Å²) in [6, 6.07) is 46.9. The van der Waals surface area contributed by atoms with Crippen molar-refractivity contribution in [1.82, 2.24) is 15.0 Å². The van der Waals surface area contributed by atoms with Gasteiger partial charge >= 0.3 is 5.63 Å². The zero-order valence-corrected chi connectivity index (χ0v) is 25.0. The third kappa shape index (κ3) is 8.24. The maximum Gasteiger partial charge on any atom is 0.345 e. The second-order valence-electron chi connectivity index (χ2n) is 8.86. The van der Waals surface area contributed by atoms with Gasteiger partial charge in [-0.2, -0.15) is 0 Å². The summed E-state index contributed by atoms with van der Waals surface area (Å²) in [5.74, 6) is 0. The molecule has 4 heterocycles. The van der Waals surface area contributed by atoms with Crippen LogP contribution in [-0.2, 0) is 20.1 Å². The van der Waals surface area contributed by atoms with Gasteiger partial charge in [0.25, 0.3) is 0 Å². The molecule has 4 aromatic heterocycles. The Hall–Kier alpha value is -5.03. The first-order valence-corrected chi connectivity index (χ1v) is 13.1. The van der Waals surface area contributed by atoms with E-state index in [9.17, 15) is 4.79 Å². The van der Waals surface area contributed by atoms with E-state index in [1.807, 2.05) is 122 Å². The van der Waals surface area contributed by atoms with E-state index in [2.05, 4.69) is 39.2 Å². The maximum atomic E-state index is 11.8. The van der Waals surface area contributed by atoms with Gasteiger partial charge in [0, 0.05) is 55.2 Å². The van der Waals surface area contributed by atoms with Crippen LogP contribution in [0.4, 0.5) is 0 Å². The van der Waals surface area contributed by atoms with Crippen molar-refractivity contribution in [3.8, 4) is 33.8 Å². The molecule has 0 aliphatic carbocycles. The summed E-state index contributed by atoms with van der Waals surface area (Å²) in [4.78, 5) is 24.5. The number of para-hydroxylation sites is 1. The average molecular weight is 726 g/mol. The van der Waals surface area contributed by atoms with Crippen molar-refractivity contribution in [2.24, 2.45) is 0 Å². The van der Waals surface area contributed by atoms with Crippen molar-refractivity contribution in [2.75, 3.05) is 0 Å². The monoisotopic (exact) mass is 726 g/mol. The fourth-order valence-corrected chi connectivity index (χ4v) is 4.05. The number of aromatic nitrogens is 3. The minimum Gasteiger partial charge on any atom is -0.422 e. The van der Waals surface area contributed by atoms with Gasteiger partial charge in [-0.05, 0) is 48.5 Å². The van der Waals surface area contributed by atoms with E-state index in [-0.39, 0.29) is 25.7 Å².